The second-order valence-electron chi connectivity index (χ2n) is 3.83. The highest BCUT2D eigenvalue weighted by Crippen LogP contribution is 2.25. The quantitative estimate of drug-likeness (QED) is 0.912. The highest BCUT2D eigenvalue weighted by Gasteiger charge is 2.09. The van der Waals surface area contributed by atoms with Gasteiger partial charge in [-0.1, -0.05) is 15.9 Å². The van der Waals surface area contributed by atoms with Crippen molar-refractivity contribution in [3.05, 3.63) is 28.1 Å². The van der Waals surface area contributed by atoms with E-state index in [-0.39, 0.29) is 6.04 Å². The Morgan fingerprint density at radius 3 is 2.93 bits per heavy atom. The predicted molar refractivity (Wildman–Crippen MR) is 63.8 cm³/mol. The number of hydrogen-bond donors (Lipinski definition) is 1. The normalized spacial score (nSPS) is 13.3. The molecule has 1 heterocycles. The van der Waals surface area contributed by atoms with Gasteiger partial charge in [0.15, 0.2) is 11.5 Å². The van der Waals surface area contributed by atoms with Crippen LogP contribution in [0, 0.1) is 6.92 Å². The zero-order valence-corrected chi connectivity index (χ0v) is 10.3. The molecule has 1 unspecified atom stereocenters. The lowest BCUT2D eigenvalue weighted by molar-refractivity contribution is 0.560. The molecule has 0 spiro atoms. The minimum absolute atomic E-state index is 0.141. The molecule has 4 heteroatoms. The van der Waals surface area contributed by atoms with Gasteiger partial charge in [-0.3, -0.25) is 0 Å². The largest absolute Gasteiger partial charge is 0.441 e. The van der Waals surface area contributed by atoms with Crippen molar-refractivity contribution in [3.63, 3.8) is 0 Å². The zero-order chi connectivity index (χ0) is 11.0. The number of aromatic nitrogens is 1. The Morgan fingerprint density at radius 1 is 1.53 bits per heavy atom. The van der Waals surface area contributed by atoms with E-state index in [1.54, 1.807) is 0 Å². The number of oxazole rings is 1. The van der Waals surface area contributed by atoms with Crippen molar-refractivity contribution in [2.45, 2.75) is 26.3 Å². The van der Waals surface area contributed by atoms with Crippen LogP contribution in [0.3, 0.4) is 0 Å². The number of benzene rings is 1. The third kappa shape index (κ3) is 2.21. The summed E-state index contributed by atoms with van der Waals surface area (Å²) >= 11 is 3.52. The third-order valence-electron chi connectivity index (χ3n) is 2.21. The molecule has 0 bridgehead atoms. The zero-order valence-electron chi connectivity index (χ0n) is 8.75. The summed E-state index contributed by atoms with van der Waals surface area (Å²) in [4.78, 5) is 4.27. The van der Waals surface area contributed by atoms with Gasteiger partial charge in [-0.2, -0.15) is 0 Å². The summed E-state index contributed by atoms with van der Waals surface area (Å²) in [7, 11) is 0. The van der Waals surface area contributed by atoms with Crippen molar-refractivity contribution in [1.29, 1.82) is 0 Å². The third-order valence-corrected chi connectivity index (χ3v) is 2.94. The summed E-state index contributed by atoms with van der Waals surface area (Å²) < 4.78 is 6.51. The number of nitrogens with zero attached hydrogens (tertiary/aromatic N) is 1. The van der Waals surface area contributed by atoms with E-state index in [9.17, 15) is 0 Å². The fourth-order valence-electron chi connectivity index (χ4n) is 1.61. The van der Waals surface area contributed by atoms with Gasteiger partial charge < -0.3 is 10.2 Å². The number of nitrogens with two attached hydrogens (primary N) is 1. The Labute approximate surface area is 96.8 Å². The van der Waals surface area contributed by atoms with Gasteiger partial charge in [-0.05, 0) is 31.0 Å². The van der Waals surface area contributed by atoms with E-state index in [0.29, 0.717) is 5.89 Å². The van der Waals surface area contributed by atoms with Gasteiger partial charge in [-0.25, -0.2) is 4.98 Å². The molecular weight excluding hydrogens is 256 g/mol. The van der Waals surface area contributed by atoms with E-state index in [1.807, 2.05) is 26.0 Å². The highest BCUT2D eigenvalue weighted by atomic mass is 79.9. The second kappa shape index (κ2) is 3.94. The molecule has 0 saturated carbocycles. The molecule has 2 aromatic rings. The maximum Gasteiger partial charge on any atom is 0.192 e. The Balaban J connectivity index is 2.51. The lowest BCUT2D eigenvalue weighted by Gasteiger charge is -2.06. The van der Waals surface area contributed by atoms with E-state index in [2.05, 4.69) is 20.9 Å². The predicted octanol–water partition coefficient (Wildman–Crippen LogP) is 2.79. The van der Waals surface area contributed by atoms with Crippen LogP contribution in [0.4, 0.5) is 0 Å². The molecule has 2 N–H and O–H groups in total. The average molecular weight is 269 g/mol. The van der Waals surface area contributed by atoms with Crippen LogP contribution in [-0.2, 0) is 6.42 Å². The summed E-state index contributed by atoms with van der Waals surface area (Å²) in [5.41, 5.74) is 8.64. The van der Waals surface area contributed by atoms with Crippen LogP contribution in [0.15, 0.2) is 21.0 Å². The van der Waals surface area contributed by atoms with Gasteiger partial charge >= 0.3 is 0 Å². The van der Waals surface area contributed by atoms with Crippen molar-refractivity contribution in [1.82, 2.24) is 4.98 Å². The lowest BCUT2D eigenvalue weighted by atomic mass is 10.1. The molecule has 0 saturated heterocycles. The van der Waals surface area contributed by atoms with Crippen molar-refractivity contribution in [2.24, 2.45) is 5.73 Å². The molecule has 80 valence electrons. The van der Waals surface area contributed by atoms with Crippen LogP contribution in [0.1, 0.15) is 18.4 Å². The molecular formula is C11H13BrN2O. The molecule has 3 nitrogen and oxygen atoms in total. The van der Waals surface area contributed by atoms with Crippen molar-refractivity contribution in [3.8, 4) is 0 Å². The fraction of sp³-hybridized carbons (Fsp3) is 0.364. The van der Waals surface area contributed by atoms with Crippen LogP contribution in [0.2, 0.25) is 0 Å². The van der Waals surface area contributed by atoms with Gasteiger partial charge in [0, 0.05) is 17.4 Å². The molecule has 0 fully saturated rings. The SMILES string of the molecule is Cc1nc2cc(Br)c(CC(C)N)cc2o1. The number of halogens is 1. The van der Waals surface area contributed by atoms with E-state index >= 15 is 0 Å². The van der Waals surface area contributed by atoms with Crippen molar-refractivity contribution >= 4 is 27.0 Å². The Bertz CT molecular complexity index is 491. The van der Waals surface area contributed by atoms with Gasteiger partial charge in [0.05, 0.1) is 0 Å². The Kier molecular flexibility index (Phi) is 2.80. The molecule has 1 aromatic heterocycles. The molecule has 2 rings (SSSR count). The molecule has 1 atom stereocenters. The first-order chi connectivity index (χ1) is 7.06. The number of aryl methyl sites for hydroxylation is 1. The monoisotopic (exact) mass is 268 g/mol. The van der Waals surface area contributed by atoms with Gasteiger partial charge in [0.1, 0.15) is 5.52 Å². The van der Waals surface area contributed by atoms with E-state index in [0.717, 1.165) is 27.6 Å². The molecule has 1 aromatic carbocycles. The standard InChI is InChI=1S/C11H13BrN2O/c1-6(13)3-8-4-11-10(5-9(8)12)14-7(2)15-11/h4-6H,3,13H2,1-2H3. The highest BCUT2D eigenvalue weighted by molar-refractivity contribution is 9.10. The molecule has 0 amide bonds. The molecule has 0 aliphatic heterocycles. The molecule has 15 heavy (non-hydrogen) atoms. The minimum atomic E-state index is 0.141. The van der Waals surface area contributed by atoms with E-state index in [1.165, 1.54) is 0 Å². The van der Waals surface area contributed by atoms with E-state index < -0.39 is 0 Å². The van der Waals surface area contributed by atoms with Crippen LogP contribution < -0.4 is 5.73 Å². The summed E-state index contributed by atoms with van der Waals surface area (Å²) in [6, 6.07) is 4.12. The van der Waals surface area contributed by atoms with Crippen LogP contribution in [-0.4, -0.2) is 11.0 Å². The van der Waals surface area contributed by atoms with Crippen molar-refractivity contribution < 1.29 is 4.42 Å². The summed E-state index contributed by atoms with van der Waals surface area (Å²) in [5.74, 6) is 0.690. The topological polar surface area (TPSA) is 52.0 Å². The molecule has 0 aliphatic carbocycles. The first-order valence-corrected chi connectivity index (χ1v) is 5.66. The minimum Gasteiger partial charge on any atom is -0.441 e. The van der Waals surface area contributed by atoms with Crippen LogP contribution in [0.5, 0.6) is 0 Å². The summed E-state index contributed by atoms with van der Waals surface area (Å²) in [5, 5.41) is 0. The maximum atomic E-state index is 5.78. The van der Waals surface area contributed by atoms with Gasteiger partial charge in [-0.15, -0.1) is 0 Å². The second-order valence-corrected chi connectivity index (χ2v) is 4.68. The molecule has 0 aliphatic rings. The van der Waals surface area contributed by atoms with Crippen molar-refractivity contribution in [2.75, 3.05) is 0 Å². The number of rotatable bonds is 2. The Hall–Kier alpha value is -0.870. The summed E-state index contributed by atoms with van der Waals surface area (Å²) in [6.45, 7) is 3.83. The molecule has 0 radical (unpaired) electrons. The summed E-state index contributed by atoms with van der Waals surface area (Å²) in [6.07, 6.45) is 0.830. The first-order valence-electron chi connectivity index (χ1n) is 4.87. The average Bonchev–Trinajstić information content (AvgIpc) is 2.44. The maximum absolute atomic E-state index is 5.78. The fourth-order valence-corrected chi connectivity index (χ4v) is 2.10. The van der Waals surface area contributed by atoms with Gasteiger partial charge in [0.2, 0.25) is 0 Å². The smallest absolute Gasteiger partial charge is 0.192 e. The number of hydrogen-bond acceptors (Lipinski definition) is 3. The van der Waals surface area contributed by atoms with Crippen LogP contribution in [0.25, 0.3) is 11.1 Å². The van der Waals surface area contributed by atoms with Crippen LogP contribution >= 0.6 is 15.9 Å². The Morgan fingerprint density at radius 2 is 2.27 bits per heavy atom. The lowest BCUT2D eigenvalue weighted by Crippen LogP contribution is -2.17. The number of fused-ring (bicyclic) bond motifs is 1. The van der Waals surface area contributed by atoms with E-state index in [4.69, 9.17) is 10.2 Å². The van der Waals surface area contributed by atoms with Gasteiger partial charge in [0.25, 0.3) is 0 Å². The first kappa shape index (κ1) is 10.6.